The summed E-state index contributed by atoms with van der Waals surface area (Å²) in [5.41, 5.74) is 0.605. The van der Waals surface area contributed by atoms with Crippen LogP contribution >= 0.6 is 23.2 Å². The lowest BCUT2D eigenvalue weighted by Gasteiger charge is -2.15. The maximum atomic E-state index is 13.3. The van der Waals surface area contributed by atoms with Crippen molar-refractivity contribution in [2.45, 2.75) is 12.6 Å². The maximum absolute atomic E-state index is 13.3. The van der Waals surface area contributed by atoms with E-state index in [1.54, 1.807) is 30.3 Å². The number of rotatable bonds is 2. The molecule has 144 valence electrons. The van der Waals surface area contributed by atoms with Gasteiger partial charge in [0, 0.05) is 22.6 Å². The first-order chi connectivity index (χ1) is 13.2. The molecule has 0 aliphatic heterocycles. The summed E-state index contributed by atoms with van der Waals surface area (Å²) in [6, 6.07) is 7.97. The molecule has 0 amide bonds. The summed E-state index contributed by atoms with van der Waals surface area (Å²) in [5.74, 6) is 0.0677. The standard InChI is InChI=1S/C19H11Cl2F3N2O2/c1-28-15-7-5-13(26-17(21)16(19(22,23)24)25-18(15)26)9-2-3-10-11(8-9)12(20)4-6-14(10)27/h2-5,7-8H,6H2,1H3. The van der Waals surface area contributed by atoms with E-state index < -0.39 is 17.0 Å². The molecule has 2 heterocycles. The summed E-state index contributed by atoms with van der Waals surface area (Å²) < 4.78 is 46.2. The average Bonchev–Trinajstić information content (AvgIpc) is 3.02. The molecule has 0 saturated heterocycles. The summed E-state index contributed by atoms with van der Waals surface area (Å²) in [6.07, 6.45) is -2.91. The van der Waals surface area contributed by atoms with Crippen LogP contribution in [-0.2, 0) is 6.18 Å². The molecular formula is C19H11Cl2F3N2O2. The molecule has 0 saturated carbocycles. The van der Waals surface area contributed by atoms with Crippen LogP contribution in [0.2, 0.25) is 5.15 Å². The van der Waals surface area contributed by atoms with Crippen LogP contribution in [0.5, 0.6) is 5.75 Å². The fourth-order valence-corrected chi connectivity index (χ4v) is 3.76. The number of hydrogen-bond acceptors (Lipinski definition) is 3. The molecule has 28 heavy (non-hydrogen) atoms. The molecule has 1 aliphatic rings. The van der Waals surface area contributed by atoms with Crippen LogP contribution in [0, 0.1) is 0 Å². The Balaban J connectivity index is 2.01. The molecule has 0 atom stereocenters. The number of Topliss-reactive ketones (excluding diaryl/α,β-unsaturated/α-hetero) is 1. The second-order valence-corrected chi connectivity index (χ2v) is 6.90. The predicted octanol–water partition coefficient (Wildman–Crippen LogP) is 5.85. The highest BCUT2D eigenvalue weighted by molar-refractivity contribution is 6.50. The monoisotopic (exact) mass is 426 g/mol. The molecule has 0 N–H and O–H groups in total. The Kier molecular flexibility index (Phi) is 4.39. The Hall–Kier alpha value is -2.51. The number of ether oxygens (including phenoxy) is 1. The SMILES string of the molecule is COc1ccc(-c2ccc3c(c2)C(Cl)=CCC3=O)n2c(Cl)c(C(F)(F)F)nc12. The molecule has 0 bridgehead atoms. The number of alkyl halides is 3. The van der Waals surface area contributed by atoms with E-state index >= 15 is 0 Å². The molecule has 0 fully saturated rings. The Morgan fingerprint density at radius 2 is 1.89 bits per heavy atom. The Morgan fingerprint density at radius 3 is 2.57 bits per heavy atom. The minimum Gasteiger partial charge on any atom is -0.493 e. The number of fused-ring (bicyclic) bond motifs is 2. The number of carbonyl (C=O) groups excluding carboxylic acids is 1. The van der Waals surface area contributed by atoms with Crippen LogP contribution in [0.4, 0.5) is 13.2 Å². The van der Waals surface area contributed by atoms with Crippen molar-refractivity contribution in [2.24, 2.45) is 0 Å². The normalized spacial score (nSPS) is 14.2. The minimum atomic E-state index is -4.72. The molecule has 2 aromatic heterocycles. The molecular weight excluding hydrogens is 416 g/mol. The van der Waals surface area contributed by atoms with Crippen LogP contribution in [0.3, 0.4) is 0 Å². The zero-order valence-corrected chi connectivity index (χ0v) is 15.8. The predicted molar refractivity (Wildman–Crippen MR) is 100.0 cm³/mol. The molecule has 1 aromatic carbocycles. The van der Waals surface area contributed by atoms with Crippen LogP contribution < -0.4 is 4.74 Å². The number of aromatic nitrogens is 2. The molecule has 4 rings (SSSR count). The fraction of sp³-hybridized carbons (Fsp3) is 0.158. The number of hydrogen-bond donors (Lipinski definition) is 0. The average molecular weight is 427 g/mol. The summed E-state index contributed by atoms with van der Waals surface area (Å²) >= 11 is 12.3. The van der Waals surface area contributed by atoms with Gasteiger partial charge in [0.2, 0.25) is 0 Å². The van der Waals surface area contributed by atoms with Crippen LogP contribution in [0.1, 0.15) is 28.0 Å². The molecule has 0 unspecified atom stereocenters. The number of allylic oxidation sites excluding steroid dienone is 1. The summed E-state index contributed by atoms with van der Waals surface area (Å²) in [5, 5.41) is -0.166. The highest BCUT2D eigenvalue weighted by Crippen LogP contribution is 2.40. The second kappa shape index (κ2) is 6.53. The first kappa shape index (κ1) is 18.8. The zero-order chi connectivity index (χ0) is 20.2. The van der Waals surface area contributed by atoms with E-state index in [0.717, 1.165) is 0 Å². The molecule has 4 nitrogen and oxygen atoms in total. The summed E-state index contributed by atoms with van der Waals surface area (Å²) in [4.78, 5) is 15.7. The van der Waals surface area contributed by atoms with E-state index in [9.17, 15) is 18.0 Å². The van der Waals surface area contributed by atoms with Crippen molar-refractivity contribution in [1.82, 2.24) is 9.38 Å². The van der Waals surface area contributed by atoms with E-state index in [0.29, 0.717) is 27.4 Å². The van der Waals surface area contributed by atoms with Gasteiger partial charge in [-0.3, -0.25) is 9.20 Å². The smallest absolute Gasteiger partial charge is 0.436 e. The fourth-order valence-electron chi connectivity index (χ4n) is 3.20. The number of carbonyl (C=O) groups is 1. The quantitative estimate of drug-likeness (QED) is 0.516. The number of halogens is 5. The van der Waals surface area contributed by atoms with Crippen molar-refractivity contribution in [3.63, 3.8) is 0 Å². The van der Waals surface area contributed by atoms with Crippen LogP contribution in [0.15, 0.2) is 36.4 Å². The highest BCUT2D eigenvalue weighted by Gasteiger charge is 2.38. The number of methoxy groups -OCH3 is 1. The Morgan fingerprint density at radius 1 is 1.14 bits per heavy atom. The first-order valence-electron chi connectivity index (χ1n) is 8.08. The van der Waals surface area contributed by atoms with Crippen molar-refractivity contribution < 1.29 is 22.7 Å². The van der Waals surface area contributed by atoms with Gasteiger partial charge in [-0.05, 0) is 23.8 Å². The zero-order valence-electron chi connectivity index (χ0n) is 14.3. The second-order valence-electron chi connectivity index (χ2n) is 6.13. The molecule has 9 heteroatoms. The van der Waals surface area contributed by atoms with Crippen molar-refractivity contribution in [2.75, 3.05) is 7.11 Å². The van der Waals surface area contributed by atoms with E-state index in [-0.39, 0.29) is 23.6 Å². The van der Waals surface area contributed by atoms with E-state index in [1.807, 2.05) is 0 Å². The molecule has 1 aliphatic carbocycles. The number of benzene rings is 1. The van der Waals surface area contributed by atoms with Crippen molar-refractivity contribution in [3.8, 4) is 17.0 Å². The third kappa shape index (κ3) is 2.86. The van der Waals surface area contributed by atoms with Gasteiger partial charge in [-0.15, -0.1) is 0 Å². The van der Waals surface area contributed by atoms with Gasteiger partial charge in [-0.2, -0.15) is 13.2 Å². The number of pyridine rings is 1. The largest absolute Gasteiger partial charge is 0.493 e. The molecule has 3 aromatic rings. The number of ketones is 1. The summed E-state index contributed by atoms with van der Waals surface area (Å²) in [6.45, 7) is 0. The topological polar surface area (TPSA) is 43.6 Å². The van der Waals surface area contributed by atoms with Crippen molar-refractivity contribution in [1.29, 1.82) is 0 Å². The van der Waals surface area contributed by atoms with Crippen LogP contribution in [-0.4, -0.2) is 22.3 Å². The van der Waals surface area contributed by atoms with Gasteiger partial charge in [0.1, 0.15) is 5.15 Å². The van der Waals surface area contributed by atoms with Gasteiger partial charge >= 0.3 is 6.18 Å². The lowest BCUT2D eigenvalue weighted by molar-refractivity contribution is -0.140. The van der Waals surface area contributed by atoms with E-state index in [1.165, 1.54) is 17.6 Å². The van der Waals surface area contributed by atoms with Gasteiger partial charge in [-0.25, -0.2) is 4.98 Å². The third-order valence-electron chi connectivity index (χ3n) is 4.50. The van der Waals surface area contributed by atoms with Gasteiger partial charge < -0.3 is 4.74 Å². The van der Waals surface area contributed by atoms with Gasteiger partial charge in [0.15, 0.2) is 22.9 Å². The van der Waals surface area contributed by atoms with Crippen molar-refractivity contribution in [3.05, 3.63) is 58.4 Å². The first-order valence-corrected chi connectivity index (χ1v) is 8.83. The molecule has 0 spiro atoms. The van der Waals surface area contributed by atoms with E-state index in [2.05, 4.69) is 4.98 Å². The van der Waals surface area contributed by atoms with Crippen LogP contribution in [0.25, 0.3) is 21.9 Å². The Labute approximate surface area is 167 Å². The maximum Gasteiger partial charge on any atom is 0.436 e. The highest BCUT2D eigenvalue weighted by atomic mass is 35.5. The lowest BCUT2D eigenvalue weighted by Crippen LogP contribution is -2.07. The Bertz CT molecular complexity index is 1170. The van der Waals surface area contributed by atoms with Crippen molar-refractivity contribution >= 4 is 39.7 Å². The van der Waals surface area contributed by atoms with E-state index in [4.69, 9.17) is 27.9 Å². The molecule has 0 radical (unpaired) electrons. The summed E-state index contributed by atoms with van der Waals surface area (Å²) in [7, 11) is 1.33. The van der Waals surface area contributed by atoms with Gasteiger partial charge in [0.05, 0.1) is 12.8 Å². The lowest BCUT2D eigenvalue weighted by atomic mass is 9.93. The number of nitrogens with zero attached hydrogens (tertiary/aromatic N) is 2. The van der Waals surface area contributed by atoms with Gasteiger partial charge in [-0.1, -0.05) is 41.4 Å². The minimum absolute atomic E-state index is 0.0623. The third-order valence-corrected chi connectivity index (χ3v) is 5.21. The number of imidazole rings is 1. The van der Waals surface area contributed by atoms with Gasteiger partial charge in [0.25, 0.3) is 0 Å².